The van der Waals surface area contributed by atoms with Crippen molar-refractivity contribution in [3.63, 3.8) is 0 Å². The molecule has 0 aliphatic heterocycles. The summed E-state index contributed by atoms with van der Waals surface area (Å²) < 4.78 is 2.17. The third-order valence-electron chi connectivity index (χ3n) is 3.53. The summed E-state index contributed by atoms with van der Waals surface area (Å²) >= 11 is 0. The van der Waals surface area contributed by atoms with E-state index in [4.69, 9.17) is 4.98 Å². The van der Waals surface area contributed by atoms with Gasteiger partial charge in [-0.05, 0) is 31.0 Å². The lowest BCUT2D eigenvalue weighted by molar-refractivity contribution is 0.150. The van der Waals surface area contributed by atoms with Gasteiger partial charge in [-0.3, -0.25) is 0 Å². The number of para-hydroxylation sites is 2. The maximum Gasteiger partial charge on any atom is 0.109 e. The second-order valence-corrected chi connectivity index (χ2v) is 6.08. The van der Waals surface area contributed by atoms with Crippen LogP contribution in [0.4, 0.5) is 0 Å². The quantitative estimate of drug-likeness (QED) is 0.785. The number of aliphatic hydroxyl groups excluding tert-OH is 1. The molecule has 1 atom stereocenters. The predicted molar refractivity (Wildman–Crippen MR) is 87.4 cm³/mol. The fraction of sp³-hybridized carbons (Fsp3) is 0.588. The van der Waals surface area contributed by atoms with Crippen LogP contribution in [0.2, 0.25) is 0 Å². The van der Waals surface area contributed by atoms with Crippen molar-refractivity contribution in [1.82, 2.24) is 14.9 Å². The van der Waals surface area contributed by atoms with E-state index in [0.29, 0.717) is 19.0 Å². The van der Waals surface area contributed by atoms with E-state index >= 15 is 0 Å². The zero-order valence-electron chi connectivity index (χ0n) is 13.3. The number of fused-ring (bicyclic) bond motifs is 1. The molecule has 0 amide bonds. The molecular formula is C17H27N3O. The minimum atomic E-state index is -0.392. The number of nitrogens with zero attached hydrogens (tertiary/aromatic N) is 2. The van der Waals surface area contributed by atoms with E-state index in [2.05, 4.69) is 36.7 Å². The van der Waals surface area contributed by atoms with Gasteiger partial charge in [0.1, 0.15) is 5.82 Å². The number of hydrogen-bond acceptors (Lipinski definition) is 3. The summed E-state index contributed by atoms with van der Waals surface area (Å²) in [6.07, 6.45) is 1.61. The van der Waals surface area contributed by atoms with Gasteiger partial charge >= 0.3 is 0 Å². The monoisotopic (exact) mass is 289 g/mol. The zero-order chi connectivity index (χ0) is 15.2. The molecule has 21 heavy (non-hydrogen) atoms. The maximum atomic E-state index is 10.3. The molecule has 2 N–H and O–H groups in total. The number of benzene rings is 1. The Morgan fingerprint density at radius 1 is 1.24 bits per heavy atom. The Bertz CT molecular complexity index is 562. The van der Waals surface area contributed by atoms with Crippen molar-refractivity contribution in [3.05, 3.63) is 30.1 Å². The SMILES string of the molecule is CCCc1nc2ccccc2n1CC(O)CNCC(C)C. The molecule has 0 fully saturated rings. The Labute approximate surface area is 127 Å². The van der Waals surface area contributed by atoms with Crippen molar-refractivity contribution >= 4 is 11.0 Å². The van der Waals surface area contributed by atoms with E-state index in [1.807, 2.05) is 18.2 Å². The average molecular weight is 289 g/mol. The van der Waals surface area contributed by atoms with Crippen molar-refractivity contribution in [2.45, 2.75) is 46.3 Å². The lowest BCUT2D eigenvalue weighted by Crippen LogP contribution is -2.32. The van der Waals surface area contributed by atoms with Crippen LogP contribution in [0.3, 0.4) is 0 Å². The Kier molecular flexibility index (Phi) is 5.76. The average Bonchev–Trinajstić information content (AvgIpc) is 2.77. The minimum Gasteiger partial charge on any atom is -0.390 e. The molecule has 116 valence electrons. The van der Waals surface area contributed by atoms with Crippen LogP contribution >= 0.6 is 0 Å². The lowest BCUT2D eigenvalue weighted by atomic mass is 10.2. The molecule has 2 aromatic rings. The third kappa shape index (κ3) is 4.29. The van der Waals surface area contributed by atoms with Gasteiger partial charge in [0.25, 0.3) is 0 Å². The first kappa shape index (κ1) is 16.0. The highest BCUT2D eigenvalue weighted by Gasteiger charge is 2.13. The smallest absolute Gasteiger partial charge is 0.109 e. The van der Waals surface area contributed by atoms with Gasteiger partial charge < -0.3 is 15.0 Å². The molecule has 1 aromatic heterocycles. The fourth-order valence-corrected chi connectivity index (χ4v) is 2.56. The maximum absolute atomic E-state index is 10.3. The van der Waals surface area contributed by atoms with Gasteiger partial charge in [-0.15, -0.1) is 0 Å². The van der Waals surface area contributed by atoms with Crippen LogP contribution in [0.5, 0.6) is 0 Å². The largest absolute Gasteiger partial charge is 0.390 e. The molecule has 0 saturated heterocycles. The summed E-state index contributed by atoms with van der Waals surface area (Å²) in [6, 6.07) is 8.15. The predicted octanol–water partition coefficient (Wildman–Crippen LogP) is 2.60. The molecule has 1 unspecified atom stereocenters. The number of rotatable bonds is 8. The van der Waals surface area contributed by atoms with E-state index in [9.17, 15) is 5.11 Å². The topological polar surface area (TPSA) is 50.1 Å². The highest BCUT2D eigenvalue weighted by atomic mass is 16.3. The summed E-state index contributed by atoms with van der Waals surface area (Å²) in [5, 5.41) is 13.6. The molecule has 0 radical (unpaired) electrons. The number of nitrogens with one attached hydrogen (secondary N) is 1. The molecule has 1 heterocycles. The van der Waals surface area contributed by atoms with Crippen LogP contribution in [0, 0.1) is 5.92 Å². The summed E-state index contributed by atoms with van der Waals surface area (Å²) in [6.45, 7) is 8.65. The van der Waals surface area contributed by atoms with Crippen LogP contribution < -0.4 is 5.32 Å². The van der Waals surface area contributed by atoms with Gasteiger partial charge in [0.2, 0.25) is 0 Å². The number of aliphatic hydroxyl groups is 1. The van der Waals surface area contributed by atoms with Crippen LogP contribution in [0.25, 0.3) is 11.0 Å². The standard InChI is InChI=1S/C17H27N3O/c1-4-7-17-19-15-8-5-6-9-16(15)20(17)12-14(21)11-18-10-13(2)3/h5-6,8-9,13-14,18,21H,4,7,10-12H2,1-3H3. The van der Waals surface area contributed by atoms with Crippen LogP contribution in [0.15, 0.2) is 24.3 Å². The van der Waals surface area contributed by atoms with E-state index in [1.165, 1.54) is 0 Å². The molecule has 0 saturated carbocycles. The van der Waals surface area contributed by atoms with E-state index in [1.54, 1.807) is 0 Å². The first-order valence-corrected chi connectivity index (χ1v) is 7.94. The van der Waals surface area contributed by atoms with Crippen molar-refractivity contribution in [1.29, 1.82) is 0 Å². The van der Waals surface area contributed by atoms with E-state index < -0.39 is 6.10 Å². The summed E-state index contributed by atoms with van der Waals surface area (Å²) in [5.74, 6) is 1.67. The van der Waals surface area contributed by atoms with Crippen LogP contribution in [-0.4, -0.2) is 33.9 Å². The molecule has 4 nitrogen and oxygen atoms in total. The molecule has 0 bridgehead atoms. The minimum absolute atomic E-state index is 0.392. The Morgan fingerprint density at radius 3 is 2.71 bits per heavy atom. The lowest BCUT2D eigenvalue weighted by Gasteiger charge is -2.16. The third-order valence-corrected chi connectivity index (χ3v) is 3.53. The highest BCUT2D eigenvalue weighted by Crippen LogP contribution is 2.17. The van der Waals surface area contributed by atoms with Crippen molar-refractivity contribution in [2.24, 2.45) is 5.92 Å². The van der Waals surface area contributed by atoms with Gasteiger partial charge in [-0.2, -0.15) is 0 Å². The molecule has 0 aliphatic carbocycles. The number of aromatic nitrogens is 2. The molecular weight excluding hydrogens is 262 g/mol. The highest BCUT2D eigenvalue weighted by molar-refractivity contribution is 5.75. The van der Waals surface area contributed by atoms with Gasteiger partial charge in [0, 0.05) is 13.0 Å². The van der Waals surface area contributed by atoms with Gasteiger partial charge in [0.05, 0.1) is 23.7 Å². The van der Waals surface area contributed by atoms with Crippen molar-refractivity contribution in [3.8, 4) is 0 Å². The van der Waals surface area contributed by atoms with Gasteiger partial charge in [-0.1, -0.05) is 32.9 Å². The number of aryl methyl sites for hydroxylation is 1. The molecule has 0 spiro atoms. The molecule has 2 rings (SSSR count). The summed E-state index contributed by atoms with van der Waals surface area (Å²) in [7, 11) is 0. The van der Waals surface area contributed by atoms with Crippen molar-refractivity contribution < 1.29 is 5.11 Å². The Hall–Kier alpha value is -1.39. The summed E-state index contributed by atoms with van der Waals surface area (Å²) in [5.41, 5.74) is 2.13. The van der Waals surface area contributed by atoms with Gasteiger partial charge in [0.15, 0.2) is 0 Å². The van der Waals surface area contributed by atoms with E-state index in [0.717, 1.165) is 36.2 Å². The summed E-state index contributed by atoms with van der Waals surface area (Å²) in [4.78, 5) is 4.70. The molecule has 0 aliphatic rings. The Balaban J connectivity index is 2.10. The number of imidazole rings is 1. The normalized spacial score (nSPS) is 13.2. The zero-order valence-corrected chi connectivity index (χ0v) is 13.3. The van der Waals surface area contributed by atoms with Crippen molar-refractivity contribution in [2.75, 3.05) is 13.1 Å². The van der Waals surface area contributed by atoms with Crippen LogP contribution in [0.1, 0.15) is 33.0 Å². The first-order chi connectivity index (χ1) is 10.1. The Morgan fingerprint density at radius 2 is 2.00 bits per heavy atom. The van der Waals surface area contributed by atoms with Crippen LogP contribution in [-0.2, 0) is 13.0 Å². The second kappa shape index (κ2) is 7.57. The van der Waals surface area contributed by atoms with Gasteiger partial charge in [-0.25, -0.2) is 4.98 Å². The van der Waals surface area contributed by atoms with E-state index in [-0.39, 0.29) is 0 Å². The molecule has 4 heteroatoms. The molecule has 1 aromatic carbocycles. The first-order valence-electron chi connectivity index (χ1n) is 7.94. The number of hydrogen-bond donors (Lipinski definition) is 2. The fourth-order valence-electron chi connectivity index (χ4n) is 2.56. The second-order valence-electron chi connectivity index (χ2n) is 6.08.